The zero-order valence-corrected chi connectivity index (χ0v) is 15.5. The summed E-state index contributed by atoms with van der Waals surface area (Å²) in [5.74, 6) is 0.0295. The van der Waals surface area contributed by atoms with Gasteiger partial charge in [0.05, 0.1) is 12.2 Å². The summed E-state index contributed by atoms with van der Waals surface area (Å²) in [5.41, 5.74) is 3.04. The number of nitrogens with zero attached hydrogens (tertiary/aromatic N) is 1. The monoisotopic (exact) mass is 343 g/mol. The number of carbonyl (C=O) groups excluding carboxylic acids is 1. The Hall–Kier alpha value is -1.04. The van der Waals surface area contributed by atoms with Gasteiger partial charge in [0.15, 0.2) is 0 Å². The highest BCUT2D eigenvalue weighted by Gasteiger charge is 2.32. The van der Waals surface area contributed by atoms with Gasteiger partial charge in [-0.1, -0.05) is 0 Å². The third-order valence-electron chi connectivity index (χ3n) is 4.87. The smallest absolute Gasteiger partial charge is 0.253 e. The molecule has 2 rings (SSSR count). The molecule has 1 saturated heterocycles. The van der Waals surface area contributed by atoms with Crippen molar-refractivity contribution in [3.63, 3.8) is 0 Å². The lowest BCUT2D eigenvalue weighted by molar-refractivity contribution is 0.0511. The van der Waals surface area contributed by atoms with E-state index in [9.17, 15) is 4.79 Å². The molecular formula is C17H30ClN3O2. The average Bonchev–Trinajstić information content (AvgIpc) is 2.80. The molecule has 132 valence electrons. The van der Waals surface area contributed by atoms with Gasteiger partial charge in [0.2, 0.25) is 0 Å². The van der Waals surface area contributed by atoms with Gasteiger partial charge in [-0.2, -0.15) is 0 Å². The van der Waals surface area contributed by atoms with Gasteiger partial charge in [-0.25, -0.2) is 0 Å². The standard InChI is InChI=1S/C17H29N3O2.ClH/c1-5-20-13(2)10-15(14(20)3)16(21)19-11-17(12-22-4)6-8-18-9-7-17;/h10,18H,5-9,11-12H2,1-4H3,(H,19,21);1H. The zero-order chi connectivity index (χ0) is 16.2. The van der Waals surface area contributed by atoms with E-state index >= 15 is 0 Å². The molecule has 0 radical (unpaired) electrons. The molecule has 6 heteroatoms. The van der Waals surface area contributed by atoms with Gasteiger partial charge in [0, 0.05) is 37.0 Å². The van der Waals surface area contributed by atoms with Crippen LogP contribution in [0.3, 0.4) is 0 Å². The number of carbonyl (C=O) groups is 1. The number of aryl methyl sites for hydroxylation is 1. The second-order valence-electron chi connectivity index (χ2n) is 6.39. The first-order valence-electron chi connectivity index (χ1n) is 8.17. The summed E-state index contributed by atoms with van der Waals surface area (Å²) in [6, 6.07) is 1.99. The topological polar surface area (TPSA) is 55.3 Å². The second-order valence-corrected chi connectivity index (χ2v) is 6.39. The molecule has 0 atom stereocenters. The number of ether oxygens (including phenoxy) is 1. The van der Waals surface area contributed by atoms with Crippen LogP contribution in [0.15, 0.2) is 6.07 Å². The number of aromatic nitrogens is 1. The first-order valence-corrected chi connectivity index (χ1v) is 8.17. The highest BCUT2D eigenvalue weighted by Crippen LogP contribution is 2.28. The van der Waals surface area contributed by atoms with Crippen molar-refractivity contribution in [1.29, 1.82) is 0 Å². The maximum absolute atomic E-state index is 12.6. The van der Waals surface area contributed by atoms with E-state index in [0.29, 0.717) is 13.2 Å². The van der Waals surface area contributed by atoms with E-state index in [1.165, 1.54) is 0 Å². The summed E-state index contributed by atoms with van der Waals surface area (Å²) < 4.78 is 7.57. The molecule has 0 unspecified atom stereocenters. The molecule has 0 bridgehead atoms. The molecule has 1 aromatic heterocycles. The van der Waals surface area contributed by atoms with Crippen LogP contribution in [0.1, 0.15) is 41.5 Å². The molecule has 1 fully saturated rings. The summed E-state index contributed by atoms with van der Waals surface area (Å²) in [6.45, 7) is 10.4. The van der Waals surface area contributed by atoms with E-state index in [4.69, 9.17) is 4.74 Å². The molecule has 0 spiro atoms. The highest BCUT2D eigenvalue weighted by atomic mass is 35.5. The number of piperidine rings is 1. The fraction of sp³-hybridized carbons (Fsp3) is 0.706. The van der Waals surface area contributed by atoms with Gasteiger partial charge >= 0.3 is 0 Å². The maximum atomic E-state index is 12.6. The summed E-state index contributed by atoms with van der Waals surface area (Å²) in [7, 11) is 1.74. The van der Waals surface area contributed by atoms with Crippen LogP contribution < -0.4 is 10.6 Å². The minimum Gasteiger partial charge on any atom is -0.384 e. The fourth-order valence-corrected chi connectivity index (χ4v) is 3.52. The fourth-order valence-electron chi connectivity index (χ4n) is 3.52. The summed E-state index contributed by atoms with van der Waals surface area (Å²) in [6.07, 6.45) is 2.07. The molecule has 1 amide bonds. The molecule has 23 heavy (non-hydrogen) atoms. The Morgan fingerprint density at radius 1 is 1.39 bits per heavy atom. The average molecular weight is 344 g/mol. The molecule has 2 heterocycles. The Labute approximate surface area is 145 Å². The highest BCUT2D eigenvalue weighted by molar-refractivity contribution is 5.95. The molecule has 1 aliphatic rings. The van der Waals surface area contributed by atoms with Crippen molar-refractivity contribution >= 4 is 18.3 Å². The number of hydrogen-bond acceptors (Lipinski definition) is 3. The van der Waals surface area contributed by atoms with E-state index in [1.807, 2.05) is 19.9 Å². The predicted octanol–water partition coefficient (Wildman–Crippen LogP) is 2.29. The normalized spacial score (nSPS) is 16.7. The minimum absolute atomic E-state index is 0. The third kappa shape index (κ3) is 4.49. The number of hydrogen-bond donors (Lipinski definition) is 2. The lowest BCUT2D eigenvalue weighted by atomic mass is 9.79. The first-order chi connectivity index (χ1) is 10.5. The Balaban J connectivity index is 0.00000264. The Bertz CT molecular complexity index is 517. The van der Waals surface area contributed by atoms with E-state index in [0.717, 1.165) is 49.4 Å². The number of halogens is 1. The Morgan fingerprint density at radius 3 is 2.57 bits per heavy atom. The van der Waals surface area contributed by atoms with Crippen LogP contribution in [0.5, 0.6) is 0 Å². The van der Waals surface area contributed by atoms with Crippen LogP contribution in [0.25, 0.3) is 0 Å². The molecule has 0 aliphatic carbocycles. The van der Waals surface area contributed by atoms with Gasteiger partial charge in [-0.05, 0) is 52.8 Å². The number of amides is 1. The van der Waals surface area contributed by atoms with Gasteiger partial charge in [-0.15, -0.1) is 12.4 Å². The SMILES string of the molecule is CCn1c(C)cc(C(=O)NCC2(COC)CCNCC2)c1C.Cl. The van der Waals surface area contributed by atoms with Crippen LogP contribution in [0, 0.1) is 19.3 Å². The zero-order valence-electron chi connectivity index (χ0n) is 14.7. The van der Waals surface area contributed by atoms with Crippen molar-refractivity contribution < 1.29 is 9.53 Å². The Morgan fingerprint density at radius 2 is 2.04 bits per heavy atom. The van der Waals surface area contributed by atoms with Crippen molar-refractivity contribution in [2.24, 2.45) is 5.41 Å². The van der Waals surface area contributed by atoms with Gasteiger partial charge in [0.25, 0.3) is 5.91 Å². The molecular weight excluding hydrogens is 314 g/mol. The second kappa shape index (κ2) is 8.71. The summed E-state index contributed by atoms with van der Waals surface area (Å²) >= 11 is 0. The maximum Gasteiger partial charge on any atom is 0.253 e. The third-order valence-corrected chi connectivity index (χ3v) is 4.87. The van der Waals surface area contributed by atoms with Crippen molar-refractivity contribution in [3.8, 4) is 0 Å². The van der Waals surface area contributed by atoms with Crippen LogP contribution in [-0.2, 0) is 11.3 Å². The lowest BCUT2D eigenvalue weighted by Crippen LogP contribution is -2.47. The number of methoxy groups -OCH3 is 1. The van der Waals surface area contributed by atoms with E-state index in [-0.39, 0.29) is 23.7 Å². The van der Waals surface area contributed by atoms with Crippen LogP contribution in [-0.4, -0.2) is 43.8 Å². The number of nitrogens with one attached hydrogen (secondary N) is 2. The van der Waals surface area contributed by atoms with E-state index < -0.39 is 0 Å². The van der Waals surface area contributed by atoms with Crippen molar-refractivity contribution in [1.82, 2.24) is 15.2 Å². The van der Waals surface area contributed by atoms with E-state index in [2.05, 4.69) is 22.1 Å². The van der Waals surface area contributed by atoms with Gasteiger partial charge in [0.1, 0.15) is 0 Å². The molecule has 2 N–H and O–H groups in total. The molecule has 0 aromatic carbocycles. The van der Waals surface area contributed by atoms with Crippen LogP contribution >= 0.6 is 12.4 Å². The summed E-state index contributed by atoms with van der Waals surface area (Å²) in [5, 5.41) is 6.51. The van der Waals surface area contributed by atoms with Crippen molar-refractivity contribution in [3.05, 3.63) is 23.0 Å². The van der Waals surface area contributed by atoms with Crippen molar-refractivity contribution in [2.75, 3.05) is 33.4 Å². The first kappa shape index (κ1) is 20.0. The summed E-state index contributed by atoms with van der Waals surface area (Å²) in [4.78, 5) is 12.6. The van der Waals surface area contributed by atoms with Crippen molar-refractivity contribution in [2.45, 2.75) is 40.2 Å². The molecule has 1 aliphatic heterocycles. The quantitative estimate of drug-likeness (QED) is 0.833. The molecule has 1 aromatic rings. The van der Waals surface area contributed by atoms with E-state index in [1.54, 1.807) is 7.11 Å². The van der Waals surface area contributed by atoms with Gasteiger partial charge in [-0.3, -0.25) is 4.79 Å². The predicted molar refractivity (Wildman–Crippen MR) is 95.6 cm³/mol. The molecule has 5 nitrogen and oxygen atoms in total. The molecule has 0 saturated carbocycles. The van der Waals surface area contributed by atoms with Crippen LogP contribution in [0.2, 0.25) is 0 Å². The minimum atomic E-state index is 0. The lowest BCUT2D eigenvalue weighted by Gasteiger charge is -2.37. The van der Waals surface area contributed by atoms with Crippen LogP contribution in [0.4, 0.5) is 0 Å². The Kier molecular flexibility index (Phi) is 7.58. The largest absolute Gasteiger partial charge is 0.384 e. The number of rotatable bonds is 6. The van der Waals surface area contributed by atoms with Gasteiger partial charge < -0.3 is 19.9 Å².